The molecule has 0 aliphatic rings. The summed E-state index contributed by atoms with van der Waals surface area (Å²) in [5.41, 5.74) is 0.943. The van der Waals surface area contributed by atoms with Gasteiger partial charge in [-0.3, -0.25) is 9.59 Å². The van der Waals surface area contributed by atoms with Gasteiger partial charge in [-0.15, -0.1) is 23.1 Å². The van der Waals surface area contributed by atoms with Gasteiger partial charge < -0.3 is 14.7 Å². The molecule has 28 heavy (non-hydrogen) atoms. The van der Waals surface area contributed by atoms with Gasteiger partial charge in [-0.2, -0.15) is 0 Å². The molecule has 148 valence electrons. The predicted molar refractivity (Wildman–Crippen MR) is 113 cm³/mol. The van der Waals surface area contributed by atoms with Crippen molar-refractivity contribution < 1.29 is 14.1 Å². The van der Waals surface area contributed by atoms with Crippen LogP contribution in [0.4, 0.5) is 5.82 Å². The molecule has 0 saturated carbocycles. The number of hydrogen-bond donors (Lipinski definition) is 1. The van der Waals surface area contributed by atoms with Crippen LogP contribution in [0.25, 0.3) is 10.2 Å². The normalized spacial score (nSPS) is 13.3. The highest BCUT2D eigenvalue weighted by Crippen LogP contribution is 2.29. The van der Waals surface area contributed by atoms with Crippen LogP contribution in [-0.4, -0.2) is 44.9 Å². The monoisotopic (exact) mass is 418 g/mol. The molecule has 1 N–H and O–H groups in total. The minimum absolute atomic E-state index is 0.0475. The van der Waals surface area contributed by atoms with Crippen molar-refractivity contribution in [2.45, 2.75) is 32.1 Å². The maximum atomic E-state index is 12.6. The summed E-state index contributed by atoms with van der Waals surface area (Å²) in [6, 6.07) is 9.44. The lowest BCUT2D eigenvalue weighted by Crippen LogP contribution is -2.32. The highest BCUT2D eigenvalue weighted by molar-refractivity contribution is 8.01. The van der Waals surface area contributed by atoms with E-state index in [2.05, 4.69) is 15.5 Å². The molecule has 9 heteroatoms. The lowest BCUT2D eigenvalue weighted by molar-refractivity contribution is -0.128. The quantitative estimate of drug-likeness (QED) is 0.627. The van der Waals surface area contributed by atoms with Crippen LogP contribution in [0.3, 0.4) is 0 Å². The third kappa shape index (κ3) is 4.71. The Morgan fingerprint density at radius 1 is 1.32 bits per heavy atom. The number of thioether (sulfide) groups is 1. The Balaban J connectivity index is 1.53. The fraction of sp³-hybridized carbons (Fsp3) is 0.368. The van der Waals surface area contributed by atoms with E-state index >= 15 is 0 Å². The van der Waals surface area contributed by atoms with E-state index in [0.717, 1.165) is 15.2 Å². The summed E-state index contributed by atoms with van der Waals surface area (Å²) >= 11 is 2.88. The van der Waals surface area contributed by atoms with Crippen LogP contribution in [0.15, 0.2) is 34.9 Å². The topological polar surface area (TPSA) is 88.3 Å². The summed E-state index contributed by atoms with van der Waals surface area (Å²) in [6.07, 6.45) is 0. The highest BCUT2D eigenvalue weighted by atomic mass is 32.2. The fourth-order valence-corrected chi connectivity index (χ4v) is 4.35. The third-order valence-corrected chi connectivity index (χ3v) is 6.68. The van der Waals surface area contributed by atoms with E-state index in [4.69, 9.17) is 4.52 Å². The van der Waals surface area contributed by atoms with Crippen molar-refractivity contribution in [3.8, 4) is 0 Å². The van der Waals surface area contributed by atoms with E-state index in [0.29, 0.717) is 11.6 Å². The van der Waals surface area contributed by atoms with Crippen molar-refractivity contribution >= 4 is 50.9 Å². The van der Waals surface area contributed by atoms with Gasteiger partial charge in [0.05, 0.1) is 27.3 Å². The number of aryl methyl sites for hydroxylation is 1. The third-order valence-electron chi connectivity index (χ3n) is 4.35. The molecule has 1 aromatic carbocycles. The number of nitrogens with zero attached hydrogens (tertiary/aromatic N) is 3. The first kappa shape index (κ1) is 20.3. The Bertz CT molecular complexity index is 951. The Morgan fingerprint density at radius 3 is 2.75 bits per heavy atom. The SMILES string of the molecule is Cc1cc(NC(=O)[C@@H](C)SCC(=O)N(C)[C@H](C)c2nc3ccccc3s2)no1. The molecule has 0 bridgehead atoms. The van der Waals surface area contributed by atoms with Gasteiger partial charge >= 0.3 is 0 Å². The molecule has 0 aliphatic carbocycles. The first-order valence-corrected chi connectivity index (χ1v) is 10.7. The van der Waals surface area contributed by atoms with Crippen molar-refractivity contribution in [1.29, 1.82) is 0 Å². The Kier molecular flexibility index (Phi) is 6.35. The summed E-state index contributed by atoms with van der Waals surface area (Å²) in [4.78, 5) is 31.1. The van der Waals surface area contributed by atoms with Gasteiger partial charge in [0.1, 0.15) is 10.8 Å². The van der Waals surface area contributed by atoms with Gasteiger partial charge in [-0.1, -0.05) is 17.3 Å². The largest absolute Gasteiger partial charge is 0.360 e. The standard InChI is InChI=1S/C19H22N4O3S2/c1-11-9-16(22-26-11)21-18(25)13(3)27-10-17(24)23(4)12(2)19-20-14-7-5-6-8-15(14)28-19/h5-9,12-13H,10H2,1-4H3,(H,21,22,25)/t12-,13-/m1/s1. The van der Waals surface area contributed by atoms with Crippen molar-refractivity contribution in [1.82, 2.24) is 15.0 Å². The van der Waals surface area contributed by atoms with Crippen LogP contribution in [0, 0.1) is 6.92 Å². The number of amides is 2. The molecule has 3 aromatic rings. The number of para-hydroxylation sites is 1. The summed E-state index contributed by atoms with van der Waals surface area (Å²) in [5, 5.41) is 6.92. The Hall–Kier alpha value is -2.39. The minimum atomic E-state index is -0.396. The molecule has 0 radical (unpaired) electrons. The lowest BCUT2D eigenvalue weighted by atomic mass is 10.3. The molecule has 2 atom stereocenters. The molecule has 0 saturated heterocycles. The van der Waals surface area contributed by atoms with Crippen molar-refractivity contribution in [3.05, 3.63) is 41.1 Å². The van der Waals surface area contributed by atoms with E-state index in [1.54, 1.807) is 43.2 Å². The average Bonchev–Trinajstić information content (AvgIpc) is 3.30. The van der Waals surface area contributed by atoms with E-state index in [-0.39, 0.29) is 23.6 Å². The number of fused-ring (bicyclic) bond motifs is 1. The van der Waals surface area contributed by atoms with Gasteiger partial charge in [-0.25, -0.2) is 4.98 Å². The lowest BCUT2D eigenvalue weighted by Gasteiger charge is -2.23. The second-order valence-corrected chi connectivity index (χ2v) is 8.86. The van der Waals surface area contributed by atoms with Crippen molar-refractivity contribution in [2.24, 2.45) is 0 Å². The number of hydrogen-bond acceptors (Lipinski definition) is 7. The molecule has 2 heterocycles. The number of aromatic nitrogens is 2. The smallest absolute Gasteiger partial charge is 0.238 e. The summed E-state index contributed by atoms with van der Waals surface area (Å²) in [5.74, 6) is 0.943. The molecular weight excluding hydrogens is 396 g/mol. The van der Waals surface area contributed by atoms with Crippen LogP contribution in [0.2, 0.25) is 0 Å². The summed E-state index contributed by atoms with van der Waals surface area (Å²) < 4.78 is 6.03. The van der Waals surface area contributed by atoms with Crippen molar-refractivity contribution in [3.63, 3.8) is 0 Å². The summed E-state index contributed by atoms with van der Waals surface area (Å²) in [7, 11) is 1.77. The van der Waals surface area contributed by atoms with Gasteiger partial charge in [0.2, 0.25) is 11.8 Å². The second-order valence-electron chi connectivity index (χ2n) is 6.47. The van der Waals surface area contributed by atoms with Crippen LogP contribution >= 0.6 is 23.1 Å². The molecule has 2 aromatic heterocycles. The number of carbonyl (C=O) groups is 2. The van der Waals surface area contributed by atoms with Crippen LogP contribution in [0.5, 0.6) is 0 Å². The number of anilines is 1. The van der Waals surface area contributed by atoms with Crippen LogP contribution in [-0.2, 0) is 9.59 Å². The molecule has 0 fully saturated rings. The Labute approximate surface area is 171 Å². The van der Waals surface area contributed by atoms with Gasteiger partial charge in [0.25, 0.3) is 0 Å². The van der Waals surface area contributed by atoms with E-state index in [9.17, 15) is 9.59 Å². The zero-order valence-electron chi connectivity index (χ0n) is 16.1. The number of nitrogens with one attached hydrogen (secondary N) is 1. The molecule has 0 unspecified atom stereocenters. The highest BCUT2D eigenvalue weighted by Gasteiger charge is 2.23. The molecular formula is C19H22N4O3S2. The number of rotatable bonds is 7. The first-order chi connectivity index (χ1) is 13.3. The molecule has 7 nitrogen and oxygen atoms in total. The average molecular weight is 419 g/mol. The number of benzene rings is 1. The zero-order valence-corrected chi connectivity index (χ0v) is 17.8. The second kappa shape index (κ2) is 8.74. The molecule has 2 amide bonds. The maximum absolute atomic E-state index is 12.6. The first-order valence-electron chi connectivity index (χ1n) is 8.82. The maximum Gasteiger partial charge on any atom is 0.238 e. The number of thiazole rings is 1. The zero-order chi connectivity index (χ0) is 20.3. The van der Waals surface area contributed by atoms with Gasteiger partial charge in [0.15, 0.2) is 5.82 Å². The molecule has 0 spiro atoms. The Morgan fingerprint density at radius 2 is 2.07 bits per heavy atom. The van der Waals surface area contributed by atoms with Gasteiger partial charge in [0, 0.05) is 13.1 Å². The van der Waals surface area contributed by atoms with E-state index in [1.807, 2.05) is 31.2 Å². The molecule has 0 aliphatic heterocycles. The van der Waals surface area contributed by atoms with Crippen LogP contribution in [0.1, 0.15) is 30.7 Å². The number of carbonyl (C=O) groups excluding carboxylic acids is 2. The predicted octanol–water partition coefficient (Wildman–Crippen LogP) is 3.87. The van der Waals surface area contributed by atoms with E-state index < -0.39 is 5.25 Å². The molecule has 3 rings (SSSR count). The van der Waals surface area contributed by atoms with Crippen LogP contribution < -0.4 is 5.32 Å². The minimum Gasteiger partial charge on any atom is -0.360 e. The van der Waals surface area contributed by atoms with Gasteiger partial charge in [-0.05, 0) is 32.9 Å². The fourth-order valence-electron chi connectivity index (χ4n) is 2.48. The van der Waals surface area contributed by atoms with Crippen molar-refractivity contribution in [2.75, 3.05) is 18.1 Å². The van der Waals surface area contributed by atoms with E-state index in [1.165, 1.54) is 11.8 Å². The summed E-state index contributed by atoms with van der Waals surface area (Å²) in [6.45, 7) is 5.47.